The van der Waals surface area contributed by atoms with Gasteiger partial charge in [0.2, 0.25) is 0 Å². The fraction of sp³-hybridized carbons (Fsp3) is 0.476. The van der Waals surface area contributed by atoms with Crippen LogP contribution < -0.4 is 4.74 Å². The molecule has 0 saturated heterocycles. The maximum atomic E-state index is 11.8. The number of hydrogen-bond donors (Lipinski definition) is 1. The molecule has 1 aliphatic heterocycles. The fourth-order valence-electron chi connectivity index (χ4n) is 4.73. The molecule has 4 rings (SSSR count). The van der Waals surface area contributed by atoms with Crippen molar-refractivity contribution >= 4 is 17.6 Å². The number of ether oxygens (including phenoxy) is 2. The van der Waals surface area contributed by atoms with Crippen molar-refractivity contribution in [2.75, 3.05) is 0 Å². The van der Waals surface area contributed by atoms with E-state index < -0.39 is 17.9 Å². The van der Waals surface area contributed by atoms with Crippen molar-refractivity contribution < 1.29 is 19.4 Å². The predicted molar refractivity (Wildman–Crippen MR) is 99.2 cm³/mol. The van der Waals surface area contributed by atoms with Gasteiger partial charge in [-0.05, 0) is 43.4 Å². The lowest BCUT2D eigenvalue weighted by atomic mass is 9.65. The molecule has 3 aliphatic rings. The minimum absolute atomic E-state index is 0.0542. The van der Waals surface area contributed by atoms with Crippen LogP contribution in [0.4, 0.5) is 0 Å². The molecule has 0 bridgehead atoms. The number of halogens is 1. The zero-order valence-electron chi connectivity index (χ0n) is 14.6. The summed E-state index contributed by atoms with van der Waals surface area (Å²) in [5, 5.41) is 10.3. The first-order valence-electron chi connectivity index (χ1n) is 9.32. The Morgan fingerprint density at radius 3 is 2.69 bits per heavy atom. The largest absolute Gasteiger partial charge is 0.477 e. The van der Waals surface area contributed by atoms with E-state index in [0.29, 0.717) is 10.8 Å². The van der Waals surface area contributed by atoms with Crippen LogP contribution in [0, 0.1) is 11.8 Å². The molecule has 0 radical (unpaired) electrons. The van der Waals surface area contributed by atoms with Gasteiger partial charge in [-0.1, -0.05) is 55.2 Å². The number of carbonyl (C=O) groups is 1. The SMILES string of the molecule is O=C(O)C1Oc2ccc(Cl)cc2C(C2C=CC=CC2)(C2CCCCC2)O1. The fourth-order valence-corrected chi connectivity index (χ4v) is 4.90. The first-order chi connectivity index (χ1) is 12.6. The summed E-state index contributed by atoms with van der Waals surface area (Å²) >= 11 is 6.32. The van der Waals surface area contributed by atoms with Gasteiger partial charge < -0.3 is 14.6 Å². The van der Waals surface area contributed by atoms with E-state index in [-0.39, 0.29) is 11.8 Å². The van der Waals surface area contributed by atoms with Crippen LogP contribution in [0.2, 0.25) is 5.02 Å². The molecule has 2 aliphatic carbocycles. The second-order valence-electron chi connectivity index (χ2n) is 7.33. The number of carboxylic acids is 1. The van der Waals surface area contributed by atoms with Gasteiger partial charge in [0.05, 0.1) is 0 Å². The summed E-state index contributed by atoms with van der Waals surface area (Å²) in [5.74, 6) is -0.235. The highest BCUT2D eigenvalue weighted by atomic mass is 35.5. The highest BCUT2D eigenvalue weighted by Gasteiger charge is 2.54. The van der Waals surface area contributed by atoms with Crippen LogP contribution in [0.1, 0.15) is 44.1 Å². The van der Waals surface area contributed by atoms with Crippen LogP contribution >= 0.6 is 11.6 Å². The molecule has 3 unspecified atom stereocenters. The van der Waals surface area contributed by atoms with Crippen molar-refractivity contribution in [2.24, 2.45) is 11.8 Å². The quantitative estimate of drug-likeness (QED) is 0.802. The van der Waals surface area contributed by atoms with E-state index >= 15 is 0 Å². The highest BCUT2D eigenvalue weighted by Crippen LogP contribution is 2.55. The van der Waals surface area contributed by atoms with Crippen molar-refractivity contribution in [1.29, 1.82) is 0 Å². The summed E-state index contributed by atoms with van der Waals surface area (Å²) in [6, 6.07) is 5.42. The third-order valence-electron chi connectivity index (χ3n) is 5.84. The molecule has 1 heterocycles. The molecule has 138 valence electrons. The lowest BCUT2D eigenvalue weighted by Crippen LogP contribution is -2.53. The Labute approximate surface area is 158 Å². The third-order valence-corrected chi connectivity index (χ3v) is 6.08. The van der Waals surface area contributed by atoms with Crippen molar-refractivity contribution in [3.05, 3.63) is 53.1 Å². The Bertz CT molecular complexity index is 750. The van der Waals surface area contributed by atoms with Gasteiger partial charge in [-0.2, -0.15) is 0 Å². The van der Waals surface area contributed by atoms with Crippen molar-refractivity contribution in [3.8, 4) is 5.75 Å². The number of fused-ring (bicyclic) bond motifs is 1. The van der Waals surface area contributed by atoms with Gasteiger partial charge in [0, 0.05) is 16.5 Å². The summed E-state index contributed by atoms with van der Waals surface area (Å²) < 4.78 is 12.0. The zero-order chi connectivity index (χ0) is 18.1. The molecule has 1 saturated carbocycles. The Balaban J connectivity index is 1.89. The summed E-state index contributed by atoms with van der Waals surface area (Å²) in [4.78, 5) is 11.8. The molecular formula is C21H23ClO4. The van der Waals surface area contributed by atoms with Crippen LogP contribution in [0.25, 0.3) is 0 Å². The van der Waals surface area contributed by atoms with E-state index in [0.717, 1.165) is 37.7 Å². The van der Waals surface area contributed by atoms with Gasteiger partial charge in [0.1, 0.15) is 11.4 Å². The molecule has 1 aromatic carbocycles. The lowest BCUT2D eigenvalue weighted by Gasteiger charge is -2.51. The first-order valence-corrected chi connectivity index (χ1v) is 9.69. The average molecular weight is 375 g/mol. The molecule has 1 N–H and O–H groups in total. The van der Waals surface area contributed by atoms with Crippen LogP contribution in [-0.2, 0) is 15.1 Å². The standard InChI is InChI=1S/C21H23ClO4/c22-16-11-12-18-17(13-16)21(14-7-3-1-4-8-14,15-9-5-2-6-10-15)26-20(25-18)19(23)24/h1,3-4,7,11-15,20H,2,5-6,8-10H2,(H,23,24). The van der Waals surface area contributed by atoms with Gasteiger partial charge in [-0.3, -0.25) is 0 Å². The number of allylic oxidation sites excluding steroid dienone is 3. The molecule has 3 atom stereocenters. The smallest absolute Gasteiger partial charge is 0.373 e. The van der Waals surface area contributed by atoms with E-state index in [9.17, 15) is 9.90 Å². The maximum Gasteiger partial charge on any atom is 0.373 e. The molecule has 5 heteroatoms. The van der Waals surface area contributed by atoms with E-state index in [1.165, 1.54) is 6.42 Å². The summed E-state index contributed by atoms with van der Waals surface area (Å²) in [6.45, 7) is 0. The van der Waals surface area contributed by atoms with Crippen LogP contribution in [0.5, 0.6) is 5.75 Å². The van der Waals surface area contributed by atoms with Gasteiger partial charge in [0.15, 0.2) is 0 Å². The molecule has 0 amide bonds. The number of rotatable bonds is 3. The summed E-state index contributed by atoms with van der Waals surface area (Å²) in [7, 11) is 0. The van der Waals surface area contributed by atoms with E-state index in [2.05, 4.69) is 12.2 Å². The summed E-state index contributed by atoms with van der Waals surface area (Å²) in [5.41, 5.74) is 0.155. The van der Waals surface area contributed by atoms with Crippen molar-refractivity contribution in [3.63, 3.8) is 0 Å². The van der Waals surface area contributed by atoms with Crippen LogP contribution in [-0.4, -0.2) is 17.4 Å². The van der Waals surface area contributed by atoms with Gasteiger partial charge in [-0.15, -0.1) is 0 Å². The maximum absolute atomic E-state index is 11.8. The van der Waals surface area contributed by atoms with E-state index in [1.54, 1.807) is 12.1 Å². The Hall–Kier alpha value is -1.78. The number of hydrogen-bond acceptors (Lipinski definition) is 3. The third kappa shape index (κ3) is 2.95. The molecule has 0 spiro atoms. The molecule has 26 heavy (non-hydrogen) atoms. The van der Waals surface area contributed by atoms with E-state index in [1.807, 2.05) is 18.2 Å². The van der Waals surface area contributed by atoms with Gasteiger partial charge in [-0.25, -0.2) is 4.79 Å². The lowest BCUT2D eigenvalue weighted by molar-refractivity contribution is -0.243. The van der Waals surface area contributed by atoms with Crippen LogP contribution in [0.15, 0.2) is 42.5 Å². The second kappa shape index (κ2) is 7.09. The monoisotopic (exact) mass is 374 g/mol. The normalized spacial score (nSPS) is 31.3. The number of carboxylic acid groups (broad SMARTS) is 1. The van der Waals surface area contributed by atoms with Gasteiger partial charge >= 0.3 is 5.97 Å². The molecule has 1 fully saturated rings. The average Bonchev–Trinajstić information content (AvgIpc) is 2.68. The number of benzene rings is 1. The minimum Gasteiger partial charge on any atom is -0.477 e. The molecular weight excluding hydrogens is 352 g/mol. The summed E-state index contributed by atoms with van der Waals surface area (Å²) in [6.07, 6.45) is 13.4. The van der Waals surface area contributed by atoms with Gasteiger partial charge in [0.25, 0.3) is 6.29 Å². The Kier molecular flexibility index (Phi) is 4.80. The molecule has 1 aromatic rings. The topological polar surface area (TPSA) is 55.8 Å². The first kappa shape index (κ1) is 17.6. The van der Waals surface area contributed by atoms with Crippen molar-refractivity contribution in [2.45, 2.75) is 50.4 Å². The number of aliphatic carboxylic acids is 1. The van der Waals surface area contributed by atoms with Crippen LogP contribution in [0.3, 0.4) is 0 Å². The van der Waals surface area contributed by atoms with E-state index in [4.69, 9.17) is 21.1 Å². The highest BCUT2D eigenvalue weighted by molar-refractivity contribution is 6.30. The Morgan fingerprint density at radius 1 is 1.19 bits per heavy atom. The molecule has 0 aromatic heterocycles. The zero-order valence-corrected chi connectivity index (χ0v) is 15.3. The minimum atomic E-state index is -1.30. The Morgan fingerprint density at radius 2 is 2.00 bits per heavy atom. The second-order valence-corrected chi connectivity index (χ2v) is 7.77. The predicted octanol–water partition coefficient (Wildman–Crippen LogP) is 5.07. The van der Waals surface area contributed by atoms with Crippen molar-refractivity contribution in [1.82, 2.24) is 0 Å². The molecule has 4 nitrogen and oxygen atoms in total.